The summed E-state index contributed by atoms with van der Waals surface area (Å²) in [4.78, 5) is 35.2. The first-order chi connectivity index (χ1) is 18.3. The third-order valence-corrected chi connectivity index (χ3v) is 6.82. The molecule has 208 valence electrons. The maximum atomic E-state index is 12.6. The maximum absolute atomic E-state index is 12.6. The minimum Gasteiger partial charge on any atom is -0.484 e. The lowest BCUT2D eigenvalue weighted by atomic mass is 9.87. The van der Waals surface area contributed by atoms with Crippen molar-refractivity contribution in [2.75, 3.05) is 17.7 Å². The molecule has 0 spiro atoms. The quantitative estimate of drug-likeness (QED) is 0.275. The number of ether oxygens (including phenoxy) is 1. The predicted octanol–water partition coefficient (Wildman–Crippen LogP) is 4.36. The highest BCUT2D eigenvalue weighted by Crippen LogP contribution is 2.31. The van der Waals surface area contributed by atoms with Crippen molar-refractivity contribution in [2.45, 2.75) is 50.7 Å². The largest absolute Gasteiger partial charge is 0.484 e. The minimum absolute atomic E-state index is 0.00134. The number of carboxylic acids is 1. The second kappa shape index (κ2) is 13.1. The second-order valence-corrected chi connectivity index (χ2v) is 11.4. The molecule has 3 rings (SSSR count). The lowest BCUT2D eigenvalue weighted by Crippen LogP contribution is -2.37. The fourth-order valence-electron chi connectivity index (χ4n) is 3.35. The van der Waals surface area contributed by atoms with Crippen LogP contribution >= 0.6 is 35.0 Å². The van der Waals surface area contributed by atoms with E-state index in [2.05, 4.69) is 46.9 Å². The summed E-state index contributed by atoms with van der Waals surface area (Å²) in [7, 11) is 0. The van der Waals surface area contributed by atoms with Crippen molar-refractivity contribution in [3.8, 4) is 11.4 Å². The molecule has 1 aromatic heterocycles. The van der Waals surface area contributed by atoms with Gasteiger partial charge in [0.25, 0.3) is 5.91 Å². The highest BCUT2D eigenvalue weighted by molar-refractivity contribution is 7.99. The number of benzene rings is 2. The lowest BCUT2D eigenvalue weighted by Gasteiger charge is -2.20. The number of nitrogens with one attached hydrogen (secondary N) is 2. The van der Waals surface area contributed by atoms with Crippen LogP contribution in [0.3, 0.4) is 0 Å². The van der Waals surface area contributed by atoms with Crippen LogP contribution in [0, 0.1) is 0 Å². The van der Waals surface area contributed by atoms with E-state index in [9.17, 15) is 14.4 Å². The maximum Gasteiger partial charge on any atom is 0.305 e. The molecule has 11 nitrogen and oxygen atoms in total. The summed E-state index contributed by atoms with van der Waals surface area (Å²) in [6.07, 6.45) is -0.197. The molecule has 3 aromatic rings. The number of halogens is 2. The van der Waals surface area contributed by atoms with Crippen LogP contribution in [0.5, 0.6) is 5.75 Å². The number of anilines is 1. The summed E-state index contributed by atoms with van der Waals surface area (Å²) in [6, 6.07) is 9.70. The Hall–Kier alpha value is -3.35. The van der Waals surface area contributed by atoms with E-state index in [-0.39, 0.29) is 35.1 Å². The van der Waals surface area contributed by atoms with Crippen molar-refractivity contribution in [1.82, 2.24) is 25.5 Å². The van der Waals surface area contributed by atoms with Gasteiger partial charge in [-0.25, -0.2) is 0 Å². The molecule has 1 atom stereocenters. The molecule has 0 aliphatic rings. The molecule has 0 aliphatic carbocycles. The molecule has 0 radical (unpaired) electrons. The van der Waals surface area contributed by atoms with Crippen molar-refractivity contribution < 1.29 is 24.2 Å². The van der Waals surface area contributed by atoms with Crippen LogP contribution in [0.2, 0.25) is 10.0 Å². The number of hydrogen-bond donors (Lipinski definition) is 3. The fraction of sp³-hybridized carbons (Fsp3) is 0.360. The Bertz CT molecular complexity index is 1360. The zero-order valence-corrected chi connectivity index (χ0v) is 24.0. The smallest absolute Gasteiger partial charge is 0.305 e. The zero-order valence-electron chi connectivity index (χ0n) is 21.7. The molecule has 39 heavy (non-hydrogen) atoms. The van der Waals surface area contributed by atoms with Crippen molar-refractivity contribution in [2.24, 2.45) is 0 Å². The van der Waals surface area contributed by atoms with Gasteiger partial charge < -0.3 is 20.5 Å². The zero-order chi connectivity index (χ0) is 28.7. The highest BCUT2D eigenvalue weighted by atomic mass is 35.5. The molecule has 0 saturated carbocycles. The van der Waals surface area contributed by atoms with Crippen molar-refractivity contribution >= 4 is 58.4 Å². The number of carbonyl (C=O) groups is 3. The Balaban J connectivity index is 1.55. The Kier molecular flexibility index (Phi) is 10.2. The van der Waals surface area contributed by atoms with Gasteiger partial charge in [-0.05, 0) is 52.6 Å². The first kappa shape index (κ1) is 30.2. The van der Waals surface area contributed by atoms with Crippen molar-refractivity contribution in [1.29, 1.82) is 0 Å². The third-order valence-electron chi connectivity index (χ3n) is 5.29. The fourth-order valence-corrected chi connectivity index (χ4v) is 4.51. The number of amides is 2. The number of thioether (sulfide) groups is 1. The first-order valence-corrected chi connectivity index (χ1v) is 13.5. The van der Waals surface area contributed by atoms with E-state index in [1.807, 2.05) is 18.2 Å². The molecule has 1 heterocycles. The molecule has 3 N–H and O–H groups in total. The molecule has 14 heteroatoms. The number of aromatic nitrogens is 4. The predicted molar refractivity (Wildman–Crippen MR) is 149 cm³/mol. The highest BCUT2D eigenvalue weighted by Gasteiger charge is 2.19. The number of hydrogen-bond acceptors (Lipinski definition) is 8. The number of carbonyl (C=O) groups excluding carboxylic acids is 2. The van der Waals surface area contributed by atoms with Crippen LogP contribution in [0.25, 0.3) is 5.69 Å². The molecular weight excluding hydrogens is 567 g/mol. The average Bonchev–Trinajstić information content (AvgIpc) is 3.30. The molecule has 0 bridgehead atoms. The average molecular weight is 596 g/mol. The molecule has 1 unspecified atom stereocenters. The van der Waals surface area contributed by atoms with Crippen LogP contribution in [-0.2, 0) is 19.8 Å². The number of aliphatic carboxylic acids is 1. The van der Waals surface area contributed by atoms with Crippen LogP contribution in [0.1, 0.15) is 39.7 Å². The molecule has 0 aliphatic heterocycles. The van der Waals surface area contributed by atoms with E-state index in [1.165, 1.54) is 10.7 Å². The van der Waals surface area contributed by atoms with Crippen LogP contribution < -0.4 is 15.4 Å². The molecule has 0 saturated heterocycles. The molecule has 2 amide bonds. The third kappa shape index (κ3) is 8.84. The summed E-state index contributed by atoms with van der Waals surface area (Å²) < 4.78 is 6.88. The van der Waals surface area contributed by atoms with E-state index in [0.29, 0.717) is 27.3 Å². The van der Waals surface area contributed by atoms with E-state index >= 15 is 0 Å². The number of tetrazole rings is 1. The lowest BCUT2D eigenvalue weighted by molar-refractivity contribution is -0.137. The van der Waals surface area contributed by atoms with Gasteiger partial charge in [0.1, 0.15) is 5.75 Å². The van der Waals surface area contributed by atoms with Gasteiger partial charge in [0.2, 0.25) is 11.1 Å². The van der Waals surface area contributed by atoms with E-state index < -0.39 is 17.9 Å². The number of rotatable bonds is 11. The summed E-state index contributed by atoms with van der Waals surface area (Å²) >= 11 is 13.9. The summed E-state index contributed by atoms with van der Waals surface area (Å²) in [5.41, 5.74) is 1.95. The monoisotopic (exact) mass is 594 g/mol. The Labute approximate surface area is 239 Å². The Morgan fingerprint density at radius 2 is 1.85 bits per heavy atom. The SMILES string of the molecule is CC(CC(=O)O)NC(=O)COc1ccc(NC(=O)CSc2nnnn2-c2ccc(C(C)(C)C)cc2Cl)c(Cl)c1. The van der Waals surface area contributed by atoms with Gasteiger partial charge in [0.05, 0.1) is 33.6 Å². The van der Waals surface area contributed by atoms with E-state index in [1.54, 1.807) is 19.1 Å². The summed E-state index contributed by atoms with van der Waals surface area (Å²) in [5.74, 6) is -1.52. The van der Waals surface area contributed by atoms with Crippen molar-refractivity contribution in [3.63, 3.8) is 0 Å². The van der Waals surface area contributed by atoms with Gasteiger partial charge in [0, 0.05) is 12.1 Å². The summed E-state index contributed by atoms with van der Waals surface area (Å²) in [6.45, 7) is 7.54. The van der Waals surface area contributed by atoms with E-state index in [0.717, 1.165) is 17.3 Å². The number of nitrogens with zero attached hydrogens (tertiary/aromatic N) is 4. The first-order valence-electron chi connectivity index (χ1n) is 11.8. The normalized spacial score (nSPS) is 12.1. The van der Waals surface area contributed by atoms with Gasteiger partial charge in [-0.1, -0.05) is 61.8 Å². The minimum atomic E-state index is -1.01. The Morgan fingerprint density at radius 1 is 1.10 bits per heavy atom. The standard InChI is InChI=1S/C25H28Cl2N6O5S/c1-14(9-23(36)37)28-21(34)12-38-16-6-7-19(17(26)11-16)29-22(35)13-39-24-30-31-32-33(24)20-8-5-15(10-18(20)27)25(2,3)4/h5-8,10-11,14H,9,12-13H2,1-4H3,(H,28,34)(H,29,35)(H,36,37). The number of carboxylic acid groups (broad SMARTS) is 1. The molecular formula is C25H28Cl2N6O5S. The topological polar surface area (TPSA) is 148 Å². The Morgan fingerprint density at radius 3 is 2.49 bits per heavy atom. The van der Waals surface area contributed by atoms with Crippen LogP contribution in [0.4, 0.5) is 5.69 Å². The van der Waals surface area contributed by atoms with Gasteiger partial charge in [0.15, 0.2) is 6.61 Å². The van der Waals surface area contributed by atoms with Crippen molar-refractivity contribution in [3.05, 3.63) is 52.0 Å². The van der Waals surface area contributed by atoms with Gasteiger partial charge in [-0.3, -0.25) is 14.4 Å². The van der Waals surface area contributed by atoms with Gasteiger partial charge >= 0.3 is 5.97 Å². The van der Waals surface area contributed by atoms with Crippen LogP contribution in [-0.4, -0.2) is 61.5 Å². The van der Waals surface area contributed by atoms with Gasteiger partial charge in [-0.2, -0.15) is 4.68 Å². The van der Waals surface area contributed by atoms with Crippen LogP contribution in [0.15, 0.2) is 41.6 Å². The second-order valence-electron chi connectivity index (χ2n) is 9.62. The van der Waals surface area contributed by atoms with Gasteiger partial charge in [-0.15, -0.1) is 5.10 Å². The molecule has 2 aromatic carbocycles. The van der Waals surface area contributed by atoms with E-state index in [4.69, 9.17) is 33.0 Å². The molecule has 0 fully saturated rings. The summed E-state index contributed by atoms with van der Waals surface area (Å²) in [5, 5.41) is 26.8.